The zero-order valence-electron chi connectivity index (χ0n) is 7.70. The van der Waals surface area contributed by atoms with E-state index in [9.17, 15) is 4.79 Å². The third-order valence-electron chi connectivity index (χ3n) is 1.46. The average Bonchev–Trinajstić information content (AvgIpc) is 2.76. The number of hydrogen-bond acceptors (Lipinski definition) is 4. The van der Waals surface area contributed by atoms with E-state index in [-0.39, 0.29) is 11.3 Å². The maximum atomic E-state index is 10.2. The number of aromatic hydroxyl groups is 1. The summed E-state index contributed by atoms with van der Waals surface area (Å²) in [4.78, 5) is 14.0. The lowest BCUT2D eigenvalue weighted by Gasteiger charge is -1.92. The van der Waals surface area contributed by atoms with Crippen molar-refractivity contribution in [2.24, 2.45) is 0 Å². The number of phenolic OH excluding ortho intramolecular Hbond substituents is 1. The number of aromatic carboxylic acids is 1. The highest BCUT2D eigenvalue weighted by molar-refractivity contribution is 7.07. The molecule has 0 fully saturated rings. The van der Waals surface area contributed by atoms with Gasteiger partial charge in [-0.3, -0.25) is 4.98 Å². The fourth-order valence-electron chi connectivity index (χ4n) is 0.780. The first-order valence-corrected chi connectivity index (χ1v) is 4.99. The van der Waals surface area contributed by atoms with Gasteiger partial charge in [0.15, 0.2) is 0 Å². The number of thiazole rings is 1. The van der Waals surface area contributed by atoms with Gasteiger partial charge in [-0.1, -0.05) is 0 Å². The summed E-state index contributed by atoms with van der Waals surface area (Å²) in [6, 6.07) is 5.36. The van der Waals surface area contributed by atoms with Gasteiger partial charge in [-0.15, -0.1) is 11.3 Å². The van der Waals surface area contributed by atoms with Crippen molar-refractivity contribution < 1.29 is 15.0 Å². The predicted molar refractivity (Wildman–Crippen MR) is 57.2 cm³/mol. The van der Waals surface area contributed by atoms with Gasteiger partial charge in [0, 0.05) is 11.6 Å². The quantitative estimate of drug-likeness (QED) is 0.777. The maximum absolute atomic E-state index is 10.2. The molecule has 2 rings (SSSR count). The summed E-state index contributed by atoms with van der Waals surface area (Å²) in [6.07, 6.45) is 1.77. The van der Waals surface area contributed by atoms with E-state index in [1.807, 2.05) is 5.38 Å². The van der Waals surface area contributed by atoms with E-state index in [0.29, 0.717) is 0 Å². The lowest BCUT2D eigenvalue weighted by molar-refractivity contribution is 0.0697. The Labute approximate surface area is 90.5 Å². The van der Waals surface area contributed by atoms with Gasteiger partial charge in [0.1, 0.15) is 5.75 Å². The van der Waals surface area contributed by atoms with Gasteiger partial charge in [-0.05, 0) is 24.3 Å². The van der Waals surface area contributed by atoms with Gasteiger partial charge in [0.25, 0.3) is 0 Å². The number of aromatic nitrogens is 1. The molecule has 0 saturated carbocycles. The number of phenols is 1. The molecule has 1 aromatic heterocycles. The van der Waals surface area contributed by atoms with Crippen LogP contribution in [0.4, 0.5) is 0 Å². The van der Waals surface area contributed by atoms with E-state index < -0.39 is 5.97 Å². The van der Waals surface area contributed by atoms with E-state index in [1.54, 1.807) is 23.0 Å². The summed E-state index contributed by atoms with van der Waals surface area (Å²) in [5.41, 5.74) is 1.97. The fourth-order valence-corrected chi connectivity index (χ4v) is 1.13. The van der Waals surface area contributed by atoms with Crippen LogP contribution in [0.3, 0.4) is 0 Å². The van der Waals surface area contributed by atoms with Crippen LogP contribution in [-0.2, 0) is 0 Å². The Bertz CT molecular complexity index is 380. The maximum Gasteiger partial charge on any atom is 0.335 e. The van der Waals surface area contributed by atoms with E-state index in [2.05, 4.69) is 4.98 Å². The molecule has 0 radical (unpaired) electrons. The van der Waals surface area contributed by atoms with Crippen molar-refractivity contribution in [3.63, 3.8) is 0 Å². The molecule has 0 aliphatic heterocycles. The highest BCUT2D eigenvalue weighted by Crippen LogP contribution is 2.08. The topological polar surface area (TPSA) is 70.4 Å². The van der Waals surface area contributed by atoms with Crippen LogP contribution in [0.5, 0.6) is 5.75 Å². The summed E-state index contributed by atoms with van der Waals surface area (Å²) in [5, 5.41) is 19.1. The molecule has 0 atom stereocenters. The number of carbonyl (C=O) groups is 1. The molecule has 0 amide bonds. The van der Waals surface area contributed by atoms with Gasteiger partial charge in [-0.25, -0.2) is 4.79 Å². The molecule has 2 aromatic rings. The second-order valence-electron chi connectivity index (χ2n) is 2.53. The standard InChI is InChI=1S/C7H6O3.C3H3NS/c8-6-3-1-5(2-4-6)7(9)10;1-2-5-3-4-1/h1-4,8H,(H,9,10);1-3H. The van der Waals surface area contributed by atoms with Crippen LogP contribution in [-0.4, -0.2) is 21.2 Å². The SMILES string of the molecule is O=C(O)c1ccc(O)cc1.c1cscn1. The number of carboxylic acid groups (broad SMARTS) is 1. The molecule has 15 heavy (non-hydrogen) atoms. The Hall–Kier alpha value is -1.88. The lowest BCUT2D eigenvalue weighted by atomic mass is 10.2. The average molecular weight is 223 g/mol. The molecule has 5 heteroatoms. The predicted octanol–water partition coefficient (Wildman–Crippen LogP) is 2.23. The van der Waals surface area contributed by atoms with Crippen LogP contribution in [0, 0.1) is 0 Å². The Morgan fingerprint density at radius 3 is 2.27 bits per heavy atom. The third-order valence-corrected chi connectivity index (χ3v) is 1.98. The minimum absolute atomic E-state index is 0.0741. The minimum Gasteiger partial charge on any atom is -0.508 e. The Morgan fingerprint density at radius 2 is 1.93 bits per heavy atom. The van der Waals surface area contributed by atoms with Gasteiger partial charge in [0.05, 0.1) is 11.1 Å². The molecule has 78 valence electrons. The molecule has 0 unspecified atom stereocenters. The van der Waals surface area contributed by atoms with Crippen LogP contribution in [0.25, 0.3) is 0 Å². The molecule has 0 saturated heterocycles. The lowest BCUT2D eigenvalue weighted by Crippen LogP contribution is -1.93. The highest BCUT2D eigenvalue weighted by atomic mass is 32.1. The summed E-state index contributed by atoms with van der Waals surface area (Å²) in [7, 11) is 0. The zero-order chi connectivity index (χ0) is 11.1. The molecule has 0 aliphatic carbocycles. The van der Waals surface area contributed by atoms with Crippen LogP contribution in [0.15, 0.2) is 41.4 Å². The Morgan fingerprint density at radius 1 is 1.27 bits per heavy atom. The van der Waals surface area contributed by atoms with Gasteiger partial charge in [-0.2, -0.15) is 0 Å². The van der Waals surface area contributed by atoms with E-state index in [4.69, 9.17) is 10.2 Å². The summed E-state index contributed by atoms with van der Waals surface area (Å²) in [5.74, 6) is -0.912. The zero-order valence-corrected chi connectivity index (χ0v) is 8.52. The second-order valence-corrected chi connectivity index (χ2v) is 3.28. The molecular weight excluding hydrogens is 214 g/mol. The van der Waals surface area contributed by atoms with Crippen molar-refractivity contribution in [1.29, 1.82) is 0 Å². The molecule has 0 spiro atoms. The van der Waals surface area contributed by atoms with Gasteiger partial charge < -0.3 is 10.2 Å². The van der Waals surface area contributed by atoms with Crippen molar-refractivity contribution in [3.8, 4) is 5.75 Å². The third kappa shape index (κ3) is 4.24. The van der Waals surface area contributed by atoms with Gasteiger partial charge in [0.2, 0.25) is 0 Å². The summed E-state index contributed by atoms with van der Waals surface area (Å²) < 4.78 is 0. The normalized spacial score (nSPS) is 8.80. The molecule has 4 nitrogen and oxygen atoms in total. The monoisotopic (exact) mass is 223 g/mol. The van der Waals surface area contributed by atoms with E-state index in [1.165, 1.54) is 24.3 Å². The number of nitrogens with zero attached hydrogens (tertiary/aromatic N) is 1. The molecule has 1 aromatic carbocycles. The van der Waals surface area contributed by atoms with E-state index in [0.717, 1.165) is 0 Å². The molecule has 0 bridgehead atoms. The molecule has 0 aliphatic rings. The largest absolute Gasteiger partial charge is 0.508 e. The fraction of sp³-hybridized carbons (Fsp3) is 0. The van der Waals surface area contributed by atoms with Crippen molar-refractivity contribution >= 4 is 17.3 Å². The number of hydrogen-bond donors (Lipinski definition) is 2. The van der Waals surface area contributed by atoms with Crippen molar-refractivity contribution in [3.05, 3.63) is 46.9 Å². The first-order chi connectivity index (χ1) is 7.20. The second kappa shape index (κ2) is 5.77. The van der Waals surface area contributed by atoms with Crippen LogP contribution < -0.4 is 0 Å². The van der Waals surface area contributed by atoms with Crippen molar-refractivity contribution in [2.75, 3.05) is 0 Å². The summed E-state index contributed by atoms with van der Waals surface area (Å²) >= 11 is 1.60. The van der Waals surface area contributed by atoms with Crippen molar-refractivity contribution in [2.45, 2.75) is 0 Å². The number of rotatable bonds is 1. The van der Waals surface area contributed by atoms with Crippen LogP contribution in [0.1, 0.15) is 10.4 Å². The van der Waals surface area contributed by atoms with Crippen molar-refractivity contribution in [1.82, 2.24) is 4.98 Å². The highest BCUT2D eigenvalue weighted by Gasteiger charge is 1.99. The number of benzene rings is 1. The summed E-state index contributed by atoms with van der Waals surface area (Å²) in [6.45, 7) is 0. The first-order valence-electron chi connectivity index (χ1n) is 4.04. The Balaban J connectivity index is 0.000000187. The van der Waals surface area contributed by atoms with Gasteiger partial charge >= 0.3 is 5.97 Å². The van der Waals surface area contributed by atoms with Crippen LogP contribution >= 0.6 is 11.3 Å². The molecule has 1 heterocycles. The van der Waals surface area contributed by atoms with Crippen LogP contribution in [0.2, 0.25) is 0 Å². The molecular formula is C10H9NO3S. The minimum atomic E-state index is -0.986. The smallest absolute Gasteiger partial charge is 0.335 e. The first kappa shape index (κ1) is 11.2. The number of carboxylic acids is 1. The van der Waals surface area contributed by atoms with E-state index >= 15 is 0 Å². The molecule has 2 N–H and O–H groups in total. The Kier molecular flexibility index (Phi) is 4.30.